The van der Waals surface area contributed by atoms with Gasteiger partial charge in [0.05, 0.1) is 17.9 Å². The summed E-state index contributed by atoms with van der Waals surface area (Å²) in [4.78, 5) is 29.4. The number of amides is 2. The summed E-state index contributed by atoms with van der Waals surface area (Å²) in [6, 6.07) is 2.99. The lowest BCUT2D eigenvalue weighted by atomic mass is 10.1. The molecule has 0 fully saturated rings. The fourth-order valence-corrected chi connectivity index (χ4v) is 2.76. The first kappa shape index (κ1) is 19.4. The van der Waals surface area contributed by atoms with E-state index in [2.05, 4.69) is 42.6 Å². The van der Waals surface area contributed by atoms with E-state index in [-0.39, 0.29) is 6.03 Å². The first-order valence-electron chi connectivity index (χ1n) is 9.28. The van der Waals surface area contributed by atoms with Gasteiger partial charge in [-0.25, -0.2) is 19.7 Å². The Morgan fingerprint density at radius 3 is 2.71 bits per heavy atom. The number of aromatic nitrogens is 6. The standard InChI is InChI=1S/C19H24N8O/c1-4-5-7-15-10-13(2)16(11-22-15)26-19(28)25-14(3)17-23-12-24-27(17)18-20-8-6-9-21-18/h6,8-12,14H,4-5,7H2,1-3H3,(H2,25,26,28)/t14-/m0/s1. The second kappa shape index (κ2) is 9.03. The maximum Gasteiger partial charge on any atom is 0.319 e. The predicted molar refractivity (Wildman–Crippen MR) is 105 cm³/mol. The van der Waals surface area contributed by atoms with Crippen LogP contribution in [0.4, 0.5) is 10.5 Å². The second-order valence-electron chi connectivity index (χ2n) is 6.49. The van der Waals surface area contributed by atoms with Crippen molar-refractivity contribution in [3.05, 3.63) is 54.1 Å². The van der Waals surface area contributed by atoms with Gasteiger partial charge < -0.3 is 10.6 Å². The zero-order valence-electron chi connectivity index (χ0n) is 16.3. The van der Waals surface area contributed by atoms with Gasteiger partial charge in [-0.05, 0) is 44.4 Å². The molecule has 3 aromatic heterocycles. The highest BCUT2D eigenvalue weighted by Crippen LogP contribution is 2.16. The first-order chi connectivity index (χ1) is 13.6. The Bertz CT molecular complexity index is 925. The molecule has 0 bridgehead atoms. The lowest BCUT2D eigenvalue weighted by molar-refractivity contribution is 0.248. The molecular weight excluding hydrogens is 356 g/mol. The molecule has 0 aliphatic rings. The number of unbranched alkanes of at least 4 members (excludes halogenated alkanes) is 1. The van der Waals surface area contributed by atoms with Gasteiger partial charge in [-0.15, -0.1) is 0 Å². The minimum absolute atomic E-state index is 0.345. The van der Waals surface area contributed by atoms with Gasteiger partial charge in [0.25, 0.3) is 5.95 Å². The fourth-order valence-electron chi connectivity index (χ4n) is 2.76. The Morgan fingerprint density at radius 1 is 1.21 bits per heavy atom. The number of nitrogens with zero attached hydrogens (tertiary/aromatic N) is 6. The summed E-state index contributed by atoms with van der Waals surface area (Å²) in [5, 5.41) is 9.85. The number of carbonyl (C=O) groups is 1. The van der Waals surface area contributed by atoms with Crippen molar-refractivity contribution in [3.8, 4) is 5.95 Å². The second-order valence-corrected chi connectivity index (χ2v) is 6.49. The van der Waals surface area contributed by atoms with Crippen LogP contribution in [0.5, 0.6) is 0 Å². The van der Waals surface area contributed by atoms with E-state index in [1.54, 1.807) is 24.7 Å². The van der Waals surface area contributed by atoms with Crippen molar-refractivity contribution in [2.45, 2.75) is 46.1 Å². The van der Waals surface area contributed by atoms with E-state index < -0.39 is 6.04 Å². The fraction of sp³-hybridized carbons (Fsp3) is 0.368. The molecule has 3 rings (SSSR count). The summed E-state index contributed by atoms with van der Waals surface area (Å²) in [6.07, 6.45) is 9.52. The van der Waals surface area contributed by atoms with Crippen molar-refractivity contribution in [2.24, 2.45) is 0 Å². The molecule has 0 aromatic carbocycles. The van der Waals surface area contributed by atoms with Gasteiger partial charge in [-0.2, -0.15) is 9.78 Å². The van der Waals surface area contributed by atoms with Crippen LogP contribution >= 0.6 is 0 Å². The van der Waals surface area contributed by atoms with Crippen molar-refractivity contribution < 1.29 is 4.79 Å². The van der Waals surface area contributed by atoms with Crippen LogP contribution in [0.2, 0.25) is 0 Å². The van der Waals surface area contributed by atoms with Crippen LogP contribution in [-0.4, -0.2) is 35.7 Å². The molecule has 0 spiro atoms. The van der Waals surface area contributed by atoms with Crippen molar-refractivity contribution >= 4 is 11.7 Å². The van der Waals surface area contributed by atoms with Crippen molar-refractivity contribution in [3.63, 3.8) is 0 Å². The minimum Gasteiger partial charge on any atom is -0.328 e. The summed E-state index contributed by atoms with van der Waals surface area (Å²) in [5.41, 5.74) is 2.69. The number of nitrogens with one attached hydrogen (secondary N) is 2. The van der Waals surface area contributed by atoms with Crippen LogP contribution in [0.1, 0.15) is 49.8 Å². The molecule has 28 heavy (non-hydrogen) atoms. The molecule has 0 aliphatic heterocycles. The number of urea groups is 1. The number of pyridine rings is 1. The predicted octanol–water partition coefficient (Wildman–Crippen LogP) is 2.99. The highest BCUT2D eigenvalue weighted by atomic mass is 16.2. The lowest BCUT2D eigenvalue weighted by Crippen LogP contribution is -2.33. The molecule has 0 aliphatic carbocycles. The third-order valence-electron chi connectivity index (χ3n) is 4.25. The molecule has 3 heterocycles. The number of hydrogen-bond donors (Lipinski definition) is 2. The molecule has 2 amide bonds. The molecule has 3 aromatic rings. The Hall–Kier alpha value is -3.36. The smallest absolute Gasteiger partial charge is 0.319 e. The highest BCUT2D eigenvalue weighted by Gasteiger charge is 2.18. The van der Waals surface area contributed by atoms with Gasteiger partial charge in [0.2, 0.25) is 0 Å². The number of hydrogen-bond acceptors (Lipinski definition) is 6. The lowest BCUT2D eigenvalue weighted by Gasteiger charge is -2.15. The van der Waals surface area contributed by atoms with Gasteiger partial charge in [0.15, 0.2) is 5.82 Å². The summed E-state index contributed by atoms with van der Waals surface area (Å²) in [5.74, 6) is 0.929. The Morgan fingerprint density at radius 2 is 2.00 bits per heavy atom. The van der Waals surface area contributed by atoms with Crippen molar-refractivity contribution in [2.75, 3.05) is 5.32 Å². The van der Waals surface area contributed by atoms with E-state index in [1.165, 1.54) is 11.0 Å². The quantitative estimate of drug-likeness (QED) is 0.652. The first-order valence-corrected chi connectivity index (χ1v) is 9.28. The zero-order chi connectivity index (χ0) is 19.9. The van der Waals surface area contributed by atoms with Crippen molar-refractivity contribution in [1.29, 1.82) is 0 Å². The summed E-state index contributed by atoms with van der Waals surface area (Å²) >= 11 is 0. The molecule has 1 atom stereocenters. The molecule has 0 saturated heterocycles. The molecule has 146 valence electrons. The average Bonchev–Trinajstić information content (AvgIpc) is 3.19. The van der Waals surface area contributed by atoms with Crippen molar-refractivity contribution in [1.82, 2.24) is 35.0 Å². The number of anilines is 1. The molecule has 2 N–H and O–H groups in total. The molecule has 9 nitrogen and oxygen atoms in total. The van der Waals surface area contributed by atoms with Crippen LogP contribution < -0.4 is 10.6 Å². The molecule has 9 heteroatoms. The molecule has 0 radical (unpaired) electrons. The molecular formula is C19H24N8O. The van der Waals surface area contributed by atoms with Gasteiger partial charge in [0, 0.05) is 18.1 Å². The van der Waals surface area contributed by atoms with Gasteiger partial charge in [-0.1, -0.05) is 13.3 Å². The summed E-state index contributed by atoms with van der Waals surface area (Å²) in [7, 11) is 0. The number of rotatable bonds is 7. The Kier molecular flexibility index (Phi) is 6.25. The molecule has 0 saturated carbocycles. The minimum atomic E-state index is -0.400. The molecule has 0 unspecified atom stereocenters. The van der Waals surface area contributed by atoms with Crippen LogP contribution in [0.25, 0.3) is 5.95 Å². The third-order valence-corrected chi connectivity index (χ3v) is 4.25. The van der Waals surface area contributed by atoms with E-state index in [4.69, 9.17) is 0 Å². The number of aryl methyl sites for hydroxylation is 2. The van der Waals surface area contributed by atoms with Crippen LogP contribution in [0.3, 0.4) is 0 Å². The topological polar surface area (TPSA) is 111 Å². The summed E-state index contributed by atoms with van der Waals surface area (Å²) in [6.45, 7) is 5.93. The summed E-state index contributed by atoms with van der Waals surface area (Å²) < 4.78 is 1.50. The van der Waals surface area contributed by atoms with Crippen LogP contribution in [-0.2, 0) is 6.42 Å². The largest absolute Gasteiger partial charge is 0.328 e. The van der Waals surface area contributed by atoms with Gasteiger partial charge >= 0.3 is 6.03 Å². The third kappa shape index (κ3) is 4.67. The zero-order valence-corrected chi connectivity index (χ0v) is 16.3. The SMILES string of the molecule is CCCCc1cc(C)c(NC(=O)N[C@@H](C)c2ncnn2-c2ncccn2)cn1. The number of carbonyl (C=O) groups excluding carboxylic acids is 1. The van der Waals surface area contributed by atoms with Crippen LogP contribution in [0.15, 0.2) is 37.1 Å². The Balaban J connectivity index is 1.65. The van der Waals surface area contributed by atoms with E-state index >= 15 is 0 Å². The maximum atomic E-state index is 12.4. The van der Waals surface area contributed by atoms with E-state index in [0.29, 0.717) is 17.5 Å². The monoisotopic (exact) mass is 380 g/mol. The normalized spacial score (nSPS) is 11.8. The van der Waals surface area contributed by atoms with E-state index in [9.17, 15) is 4.79 Å². The van der Waals surface area contributed by atoms with Gasteiger partial charge in [-0.3, -0.25) is 4.98 Å². The van der Waals surface area contributed by atoms with E-state index in [1.807, 2.05) is 19.9 Å². The average molecular weight is 380 g/mol. The van der Waals surface area contributed by atoms with E-state index in [0.717, 1.165) is 30.5 Å². The maximum absolute atomic E-state index is 12.4. The highest BCUT2D eigenvalue weighted by molar-refractivity contribution is 5.90. The van der Waals surface area contributed by atoms with Gasteiger partial charge in [0.1, 0.15) is 6.33 Å². The Labute approximate surface area is 163 Å². The van der Waals surface area contributed by atoms with Crippen LogP contribution in [0, 0.1) is 6.92 Å².